The molecule has 2 amide bonds. The monoisotopic (exact) mass is 1040 g/mol. The molecule has 0 aliphatic rings. The third-order valence-electron chi connectivity index (χ3n) is 11.9. The molecule has 0 aliphatic heterocycles. The van der Waals surface area contributed by atoms with Gasteiger partial charge in [0.2, 0.25) is 5.91 Å². The number of aromatic nitrogens is 2. The van der Waals surface area contributed by atoms with E-state index >= 15 is 0 Å². The Bertz CT molecular complexity index is 2100. The lowest BCUT2D eigenvalue weighted by Crippen LogP contribution is -2.53. The first-order valence-electron chi connectivity index (χ1n) is 23.6. The van der Waals surface area contributed by atoms with Crippen LogP contribution in [-0.4, -0.2) is 209 Å². The van der Waals surface area contributed by atoms with Crippen molar-refractivity contribution in [1.82, 2.24) is 30.4 Å². The molecule has 24 nitrogen and oxygen atoms in total. The number of aliphatic hydroxyl groups is 10. The number of amides is 2. The second kappa shape index (κ2) is 31.4. The number of carbonyl (C=O) groups excluding carboxylic acids is 3. The van der Waals surface area contributed by atoms with Gasteiger partial charge in [-0.15, -0.1) is 0 Å². The summed E-state index contributed by atoms with van der Waals surface area (Å²) in [4.78, 5) is 50.0. The molecule has 72 heavy (non-hydrogen) atoms. The maximum atomic E-state index is 14.1. The molecule has 0 aliphatic carbocycles. The number of unbranched alkanes of at least 4 members (excludes halogenated alkanes) is 2. The number of nitrogens with zero attached hydrogens (tertiary/aromatic N) is 4. The summed E-state index contributed by atoms with van der Waals surface area (Å²) in [5.41, 5.74) is 20.6. The largest absolute Gasteiger partial charge is 0.467 e. The quantitative estimate of drug-likeness (QED) is 0.0130. The molecule has 1 heterocycles. The lowest BCUT2D eigenvalue weighted by Gasteiger charge is -2.34. The fourth-order valence-corrected chi connectivity index (χ4v) is 7.81. The highest BCUT2D eigenvalue weighted by atomic mass is 35.5. The zero-order valence-corrected chi connectivity index (χ0v) is 41.1. The molecule has 0 saturated carbocycles. The summed E-state index contributed by atoms with van der Waals surface area (Å²) in [5, 5.41) is 114. The Balaban J connectivity index is 1.64. The normalized spacial score (nSPS) is 15.4. The van der Waals surface area contributed by atoms with Crippen LogP contribution in [0.3, 0.4) is 0 Å². The molecule has 0 unspecified atom stereocenters. The van der Waals surface area contributed by atoms with Crippen LogP contribution in [0.2, 0.25) is 5.15 Å². The number of halogens is 1. The second-order valence-electron chi connectivity index (χ2n) is 17.4. The van der Waals surface area contributed by atoms with Crippen molar-refractivity contribution >= 4 is 47.0 Å². The van der Waals surface area contributed by atoms with Gasteiger partial charge in [0.05, 0.1) is 32.5 Å². The SMILES string of the molecule is COC(=O)[C@H](CCCCN)N(CCCN(C[C@H](O)[C@@H](O)[C@H](O)[C@H](O)CO)C[C@H](O)[C@@H](O)[C@H](O)[C@H](O)CO)C(=O)CCc1ccc(-c2ccc(CCCCNC(=N)NC(=O)c3nc(Cl)c(N)nc3N)cc2)cc1. The zero-order chi connectivity index (χ0) is 53.5. The van der Waals surface area contributed by atoms with E-state index in [1.54, 1.807) is 0 Å². The van der Waals surface area contributed by atoms with Crippen LogP contribution in [0, 0.1) is 5.41 Å². The number of guanidine groups is 1. The number of nitrogens with one attached hydrogen (secondary N) is 3. The Labute approximate surface area is 422 Å². The van der Waals surface area contributed by atoms with Crippen LogP contribution in [0.25, 0.3) is 11.1 Å². The van der Waals surface area contributed by atoms with E-state index in [9.17, 15) is 65.4 Å². The van der Waals surface area contributed by atoms with Crippen molar-refractivity contribution in [2.24, 2.45) is 5.73 Å². The van der Waals surface area contributed by atoms with Gasteiger partial charge in [-0.1, -0.05) is 60.1 Å². The van der Waals surface area contributed by atoms with Gasteiger partial charge in [0.1, 0.15) is 42.7 Å². The van der Waals surface area contributed by atoms with Crippen LogP contribution in [0.1, 0.15) is 66.6 Å². The van der Waals surface area contributed by atoms with Gasteiger partial charge >= 0.3 is 5.97 Å². The summed E-state index contributed by atoms with van der Waals surface area (Å²) in [7, 11) is 1.21. The number of esters is 1. The summed E-state index contributed by atoms with van der Waals surface area (Å²) < 4.78 is 5.10. The zero-order valence-electron chi connectivity index (χ0n) is 40.3. The molecule has 25 heteroatoms. The summed E-state index contributed by atoms with van der Waals surface area (Å²) in [6.07, 6.45) is -11.1. The number of nitrogens with two attached hydrogens (primary N) is 3. The molecule has 402 valence electrons. The van der Waals surface area contributed by atoms with Gasteiger partial charge in [0.25, 0.3) is 5.91 Å². The van der Waals surface area contributed by atoms with E-state index in [0.717, 1.165) is 35.1 Å². The van der Waals surface area contributed by atoms with Crippen molar-refractivity contribution in [2.45, 2.75) is 113 Å². The van der Waals surface area contributed by atoms with Gasteiger partial charge < -0.3 is 83.2 Å². The van der Waals surface area contributed by atoms with Crippen molar-refractivity contribution in [2.75, 3.05) is 71.1 Å². The molecule has 0 bridgehead atoms. The number of aliphatic hydroxyl groups excluding tert-OH is 10. The predicted molar refractivity (Wildman–Crippen MR) is 266 cm³/mol. The highest BCUT2D eigenvalue weighted by Gasteiger charge is 2.35. The van der Waals surface area contributed by atoms with Gasteiger partial charge in [-0.3, -0.25) is 25.2 Å². The molecule has 0 saturated heterocycles. The Morgan fingerprint density at radius 2 is 1.24 bits per heavy atom. The molecular formula is C47H73ClN10O14. The number of hydrogen-bond acceptors (Lipinski definition) is 21. The van der Waals surface area contributed by atoms with Crippen molar-refractivity contribution in [3.8, 4) is 11.1 Å². The van der Waals surface area contributed by atoms with Crippen molar-refractivity contribution < 1.29 is 70.2 Å². The Morgan fingerprint density at radius 1 is 0.708 bits per heavy atom. The van der Waals surface area contributed by atoms with E-state index < -0.39 is 93.1 Å². The first-order chi connectivity index (χ1) is 34.3. The highest BCUT2D eigenvalue weighted by Crippen LogP contribution is 2.23. The number of aryl methyl sites for hydroxylation is 2. The minimum Gasteiger partial charge on any atom is -0.467 e. The minimum atomic E-state index is -1.98. The van der Waals surface area contributed by atoms with Gasteiger partial charge in [-0.05, 0) is 80.2 Å². The molecule has 9 atom stereocenters. The van der Waals surface area contributed by atoms with Crippen LogP contribution in [-0.2, 0) is 27.2 Å². The number of nitrogen functional groups attached to an aromatic ring is 2. The summed E-state index contributed by atoms with van der Waals surface area (Å²) in [6.45, 7) is -2.19. The first kappa shape index (κ1) is 61.1. The Morgan fingerprint density at radius 3 is 1.75 bits per heavy atom. The molecule has 19 N–H and O–H groups in total. The molecule has 2 aromatic carbocycles. The van der Waals surface area contributed by atoms with Crippen LogP contribution in [0.4, 0.5) is 11.6 Å². The van der Waals surface area contributed by atoms with E-state index in [2.05, 4.69) is 20.6 Å². The number of anilines is 2. The lowest BCUT2D eigenvalue weighted by molar-refractivity contribution is -0.153. The molecule has 3 rings (SSSR count). The minimum absolute atomic E-state index is 0.00263. The number of hydrogen-bond donors (Lipinski definition) is 16. The van der Waals surface area contributed by atoms with Crippen LogP contribution < -0.4 is 27.8 Å². The first-order valence-corrected chi connectivity index (χ1v) is 24.0. The number of methoxy groups -OCH3 is 1. The molecule has 0 radical (unpaired) electrons. The Kier molecular flexibility index (Phi) is 26.7. The fraction of sp³-hybridized carbons (Fsp3) is 0.574. The molecule has 0 fully saturated rings. The van der Waals surface area contributed by atoms with Crippen LogP contribution >= 0.6 is 11.6 Å². The van der Waals surface area contributed by atoms with E-state index in [-0.39, 0.29) is 66.7 Å². The van der Waals surface area contributed by atoms with Crippen molar-refractivity contribution in [3.63, 3.8) is 0 Å². The molecular weight excluding hydrogens is 964 g/mol. The maximum Gasteiger partial charge on any atom is 0.328 e. The molecule has 3 aromatic rings. The number of benzene rings is 2. The highest BCUT2D eigenvalue weighted by molar-refractivity contribution is 6.31. The predicted octanol–water partition coefficient (Wildman–Crippen LogP) is -2.77. The van der Waals surface area contributed by atoms with Crippen molar-refractivity contribution in [1.29, 1.82) is 5.41 Å². The van der Waals surface area contributed by atoms with Gasteiger partial charge in [0.15, 0.2) is 28.4 Å². The molecule has 1 aromatic heterocycles. The van der Waals surface area contributed by atoms with E-state index in [4.69, 9.17) is 38.9 Å². The number of rotatable bonds is 32. The van der Waals surface area contributed by atoms with E-state index in [0.29, 0.717) is 38.8 Å². The van der Waals surface area contributed by atoms with E-state index in [1.807, 2.05) is 48.5 Å². The van der Waals surface area contributed by atoms with Gasteiger partial charge in [-0.25, -0.2) is 14.8 Å². The van der Waals surface area contributed by atoms with Gasteiger partial charge in [-0.2, -0.15) is 0 Å². The van der Waals surface area contributed by atoms with Crippen LogP contribution in [0.15, 0.2) is 48.5 Å². The Hall–Kier alpha value is -5.19. The summed E-state index contributed by atoms with van der Waals surface area (Å²) in [6, 6.07) is 14.8. The van der Waals surface area contributed by atoms with E-state index in [1.165, 1.54) is 16.9 Å². The third-order valence-corrected chi connectivity index (χ3v) is 12.2. The maximum absolute atomic E-state index is 14.1. The summed E-state index contributed by atoms with van der Waals surface area (Å²) >= 11 is 5.84. The number of ether oxygens (including phenoxy) is 1. The average molecular weight is 1040 g/mol. The van der Waals surface area contributed by atoms with Crippen LogP contribution in [0.5, 0.6) is 0 Å². The summed E-state index contributed by atoms with van der Waals surface area (Å²) in [5.74, 6) is -2.34. The standard InChI is InChI=1S/C47H73ClN10O14/c1-72-46(71)31(8-2-4-19-49)58(22-6-21-57(23-32(61)38(66)40(68)34(63)25-59)24-33(62)39(67)41(69)35(64)26-60)36(65)18-13-28-11-16-30(17-12-28)29-14-9-27(10-15-29)7-3-5-20-53-47(52)56-45(70)37-43(50)55-44(51)42(48)54-37/h9-12,14-17,31-35,38-41,59-64,66-69H,2-8,13,18-26,49H2,1H3,(H4,50,51,55)(H3,52,53,56,70)/t31-,32-,33-,34+,35+,38+,39+,40+,41+/m0/s1. The second-order valence-corrected chi connectivity index (χ2v) is 17.7. The molecule has 0 spiro atoms. The smallest absolute Gasteiger partial charge is 0.328 e. The third kappa shape index (κ3) is 19.3. The van der Waals surface area contributed by atoms with Crippen molar-refractivity contribution in [3.05, 3.63) is 70.5 Å². The van der Waals surface area contributed by atoms with Gasteiger partial charge in [0, 0.05) is 39.1 Å². The topological polar surface area (TPSA) is 421 Å². The number of carbonyl (C=O) groups is 3. The lowest BCUT2D eigenvalue weighted by atomic mass is 9.99. The average Bonchev–Trinajstić information content (AvgIpc) is 3.37. The fourth-order valence-electron chi connectivity index (χ4n) is 7.68.